The van der Waals surface area contributed by atoms with Crippen LogP contribution in [0.5, 0.6) is 0 Å². The first-order valence-electron chi connectivity index (χ1n) is 9.70. The SMILES string of the molecule is COC1(c2ccccc2)CCN(C(=O)c2[nH]c3c(c2C)C(=O)CCC3)CC1. The molecule has 0 unspecified atom stereocenters. The van der Waals surface area contributed by atoms with Gasteiger partial charge < -0.3 is 14.6 Å². The number of aryl methyl sites for hydroxylation is 1. The Hall–Kier alpha value is -2.40. The van der Waals surface area contributed by atoms with E-state index in [9.17, 15) is 9.59 Å². The Morgan fingerprint density at radius 1 is 1.15 bits per heavy atom. The predicted octanol–water partition coefficient (Wildman–Crippen LogP) is 3.62. The minimum Gasteiger partial charge on any atom is -0.373 e. The lowest BCUT2D eigenvalue weighted by Gasteiger charge is -2.41. The molecule has 5 nitrogen and oxygen atoms in total. The zero-order valence-electron chi connectivity index (χ0n) is 16.0. The summed E-state index contributed by atoms with van der Waals surface area (Å²) in [5.74, 6) is 0.151. The number of hydrogen-bond donors (Lipinski definition) is 1. The number of carbonyl (C=O) groups excluding carboxylic acids is 2. The Morgan fingerprint density at radius 3 is 2.48 bits per heavy atom. The van der Waals surface area contributed by atoms with Crippen LogP contribution in [0, 0.1) is 6.92 Å². The largest absolute Gasteiger partial charge is 0.373 e. The van der Waals surface area contributed by atoms with Gasteiger partial charge in [0.2, 0.25) is 0 Å². The van der Waals surface area contributed by atoms with Crippen LogP contribution in [-0.2, 0) is 16.8 Å². The normalized spacial score (nSPS) is 19.0. The fraction of sp³-hybridized carbons (Fsp3) is 0.455. The van der Waals surface area contributed by atoms with Crippen LogP contribution in [0.1, 0.15) is 63.4 Å². The van der Waals surface area contributed by atoms with Gasteiger partial charge in [-0.1, -0.05) is 30.3 Å². The van der Waals surface area contributed by atoms with Gasteiger partial charge in [-0.3, -0.25) is 9.59 Å². The van der Waals surface area contributed by atoms with Crippen molar-refractivity contribution in [2.75, 3.05) is 20.2 Å². The number of amides is 1. The number of ether oxygens (including phenoxy) is 1. The molecule has 27 heavy (non-hydrogen) atoms. The van der Waals surface area contributed by atoms with Crippen molar-refractivity contribution >= 4 is 11.7 Å². The molecule has 2 aliphatic rings. The van der Waals surface area contributed by atoms with Crippen LogP contribution in [0.2, 0.25) is 0 Å². The number of aromatic amines is 1. The molecular formula is C22H26N2O3. The first kappa shape index (κ1) is 18.0. The van der Waals surface area contributed by atoms with Gasteiger partial charge in [0.25, 0.3) is 5.91 Å². The van der Waals surface area contributed by atoms with E-state index in [1.807, 2.05) is 30.0 Å². The third-order valence-corrected chi connectivity index (χ3v) is 6.20. The zero-order valence-corrected chi connectivity index (χ0v) is 16.0. The molecule has 1 aliphatic heterocycles. The molecule has 1 aliphatic carbocycles. The molecular weight excluding hydrogens is 340 g/mol. The Bertz CT molecular complexity index is 861. The highest BCUT2D eigenvalue weighted by atomic mass is 16.5. The Balaban J connectivity index is 1.54. The summed E-state index contributed by atoms with van der Waals surface area (Å²) in [5.41, 5.74) is 3.90. The van der Waals surface area contributed by atoms with E-state index >= 15 is 0 Å². The number of methoxy groups -OCH3 is 1. The summed E-state index contributed by atoms with van der Waals surface area (Å²) in [6.07, 6.45) is 3.80. The lowest BCUT2D eigenvalue weighted by atomic mass is 9.84. The van der Waals surface area contributed by atoms with Gasteiger partial charge in [-0.05, 0) is 43.7 Å². The van der Waals surface area contributed by atoms with Crippen LogP contribution in [-0.4, -0.2) is 41.8 Å². The van der Waals surface area contributed by atoms with Crippen molar-refractivity contribution in [2.45, 2.75) is 44.6 Å². The molecule has 142 valence electrons. The monoisotopic (exact) mass is 366 g/mol. The van der Waals surface area contributed by atoms with E-state index in [1.54, 1.807) is 7.11 Å². The number of fused-ring (bicyclic) bond motifs is 1. The standard InChI is InChI=1S/C22H26N2O3/c1-15-19-17(9-6-10-18(19)25)23-20(15)21(26)24-13-11-22(27-2,12-14-24)16-7-4-3-5-8-16/h3-5,7-8,23H,6,9-14H2,1-2H3. The number of piperidine rings is 1. The second kappa shape index (κ2) is 6.97. The fourth-order valence-corrected chi connectivity index (χ4v) is 4.57. The number of benzene rings is 1. The lowest BCUT2D eigenvalue weighted by molar-refractivity contribution is -0.0575. The molecule has 0 saturated carbocycles. The molecule has 1 N–H and O–H groups in total. The molecule has 0 atom stereocenters. The molecule has 0 spiro atoms. The molecule has 2 heterocycles. The van der Waals surface area contributed by atoms with Crippen molar-refractivity contribution in [2.24, 2.45) is 0 Å². The van der Waals surface area contributed by atoms with Crippen LogP contribution in [0.25, 0.3) is 0 Å². The number of nitrogens with zero attached hydrogens (tertiary/aromatic N) is 1. The number of nitrogens with one attached hydrogen (secondary N) is 1. The second-order valence-corrected chi connectivity index (χ2v) is 7.61. The van der Waals surface area contributed by atoms with E-state index < -0.39 is 0 Å². The van der Waals surface area contributed by atoms with E-state index in [4.69, 9.17) is 4.74 Å². The number of aromatic nitrogens is 1. The summed E-state index contributed by atoms with van der Waals surface area (Å²) >= 11 is 0. The summed E-state index contributed by atoms with van der Waals surface area (Å²) in [6.45, 7) is 3.16. The van der Waals surface area contributed by atoms with Crippen LogP contribution < -0.4 is 0 Å². The molecule has 5 heteroatoms. The van der Waals surface area contributed by atoms with Gasteiger partial charge in [-0.2, -0.15) is 0 Å². The van der Waals surface area contributed by atoms with Gasteiger partial charge in [-0.15, -0.1) is 0 Å². The summed E-state index contributed by atoms with van der Waals surface area (Å²) in [4.78, 5) is 30.5. The van der Waals surface area contributed by atoms with Crippen molar-refractivity contribution in [1.29, 1.82) is 0 Å². The number of Topliss-reactive ketones (excluding diaryl/α,β-unsaturated/α-hetero) is 1. The highest BCUT2D eigenvalue weighted by molar-refractivity contribution is 6.04. The topological polar surface area (TPSA) is 62.4 Å². The number of hydrogen-bond acceptors (Lipinski definition) is 3. The molecule has 1 fully saturated rings. The van der Waals surface area contributed by atoms with Crippen molar-refractivity contribution in [1.82, 2.24) is 9.88 Å². The molecule has 1 amide bonds. The molecule has 4 rings (SSSR count). The van der Waals surface area contributed by atoms with Crippen molar-refractivity contribution in [3.63, 3.8) is 0 Å². The minimum absolute atomic E-state index is 0.00698. The molecule has 1 aromatic carbocycles. The first-order valence-corrected chi connectivity index (χ1v) is 9.70. The summed E-state index contributed by atoms with van der Waals surface area (Å²) in [5, 5.41) is 0. The molecule has 1 saturated heterocycles. The number of H-pyrrole nitrogens is 1. The quantitative estimate of drug-likeness (QED) is 0.902. The summed E-state index contributed by atoms with van der Waals surface area (Å²) in [6, 6.07) is 10.2. The van der Waals surface area contributed by atoms with Crippen LogP contribution >= 0.6 is 0 Å². The van der Waals surface area contributed by atoms with Gasteiger partial charge in [0.05, 0.1) is 5.60 Å². The Labute approximate surface area is 159 Å². The van der Waals surface area contributed by atoms with Gasteiger partial charge in [0.1, 0.15) is 5.69 Å². The van der Waals surface area contributed by atoms with Crippen molar-refractivity contribution < 1.29 is 14.3 Å². The average Bonchev–Trinajstić information content (AvgIpc) is 3.06. The Morgan fingerprint density at radius 2 is 1.85 bits per heavy atom. The maximum absolute atomic E-state index is 13.1. The fourth-order valence-electron chi connectivity index (χ4n) is 4.57. The van der Waals surface area contributed by atoms with E-state index in [1.165, 1.54) is 0 Å². The second-order valence-electron chi connectivity index (χ2n) is 7.61. The highest BCUT2D eigenvalue weighted by Gasteiger charge is 2.38. The third kappa shape index (κ3) is 3.00. The minimum atomic E-state index is -0.335. The molecule has 1 aromatic heterocycles. The first-order chi connectivity index (χ1) is 13.1. The highest BCUT2D eigenvalue weighted by Crippen LogP contribution is 2.37. The molecule has 0 radical (unpaired) electrons. The lowest BCUT2D eigenvalue weighted by Crippen LogP contribution is -2.46. The zero-order chi connectivity index (χ0) is 19.0. The van der Waals surface area contributed by atoms with E-state index in [-0.39, 0.29) is 17.3 Å². The van der Waals surface area contributed by atoms with Gasteiger partial charge in [-0.25, -0.2) is 0 Å². The number of rotatable bonds is 3. The van der Waals surface area contributed by atoms with Crippen LogP contribution in [0.3, 0.4) is 0 Å². The molecule has 0 bridgehead atoms. The maximum Gasteiger partial charge on any atom is 0.270 e. The van der Waals surface area contributed by atoms with Crippen LogP contribution in [0.15, 0.2) is 30.3 Å². The average molecular weight is 366 g/mol. The number of carbonyl (C=O) groups is 2. The Kier molecular flexibility index (Phi) is 4.64. The predicted molar refractivity (Wildman–Crippen MR) is 103 cm³/mol. The number of likely N-dealkylation sites (tertiary alicyclic amines) is 1. The number of ketones is 1. The van der Waals surface area contributed by atoms with Crippen molar-refractivity contribution in [3.8, 4) is 0 Å². The maximum atomic E-state index is 13.1. The van der Waals surface area contributed by atoms with E-state index in [0.717, 1.165) is 48.1 Å². The van der Waals surface area contributed by atoms with Crippen LogP contribution in [0.4, 0.5) is 0 Å². The summed E-state index contributed by atoms with van der Waals surface area (Å²) in [7, 11) is 1.75. The molecule has 2 aromatic rings. The van der Waals surface area contributed by atoms with Gasteiger partial charge >= 0.3 is 0 Å². The van der Waals surface area contributed by atoms with Gasteiger partial charge in [0.15, 0.2) is 5.78 Å². The van der Waals surface area contributed by atoms with E-state index in [0.29, 0.717) is 25.2 Å². The van der Waals surface area contributed by atoms with Crippen molar-refractivity contribution in [3.05, 3.63) is 58.4 Å². The third-order valence-electron chi connectivity index (χ3n) is 6.20. The van der Waals surface area contributed by atoms with E-state index in [2.05, 4.69) is 17.1 Å². The smallest absolute Gasteiger partial charge is 0.270 e. The summed E-state index contributed by atoms with van der Waals surface area (Å²) < 4.78 is 5.91. The van der Waals surface area contributed by atoms with Gasteiger partial charge in [0, 0.05) is 37.9 Å².